The van der Waals surface area contributed by atoms with E-state index in [0.29, 0.717) is 5.56 Å². The lowest BCUT2D eigenvalue weighted by atomic mass is 10.1. The number of benzene rings is 2. The Kier molecular flexibility index (Phi) is 6.16. The molecular weight excluding hydrogens is 345 g/mol. The van der Waals surface area contributed by atoms with Crippen molar-refractivity contribution < 1.29 is 22.8 Å². The van der Waals surface area contributed by atoms with Gasteiger partial charge in [0.1, 0.15) is 0 Å². The summed E-state index contributed by atoms with van der Waals surface area (Å²) in [5, 5.41) is 4.38. The summed E-state index contributed by atoms with van der Waals surface area (Å²) >= 11 is 0. The molecule has 2 N–H and O–H groups in total. The molecule has 0 aromatic heterocycles. The van der Waals surface area contributed by atoms with Gasteiger partial charge in [-0.3, -0.25) is 9.59 Å². The molecule has 0 unspecified atom stereocenters. The molecule has 0 saturated carbocycles. The van der Waals surface area contributed by atoms with Crippen molar-refractivity contribution in [1.82, 2.24) is 5.32 Å². The van der Waals surface area contributed by atoms with Crippen LogP contribution in [0.1, 0.15) is 16.7 Å². The molecule has 7 heteroatoms. The third kappa shape index (κ3) is 5.77. The molecule has 0 bridgehead atoms. The first kappa shape index (κ1) is 19.2. The lowest BCUT2D eigenvalue weighted by Crippen LogP contribution is -2.30. The van der Waals surface area contributed by atoms with Crippen molar-refractivity contribution in [3.63, 3.8) is 0 Å². The Labute approximate surface area is 148 Å². The number of para-hydroxylation sites is 1. The van der Waals surface area contributed by atoms with Crippen LogP contribution in [-0.2, 0) is 16.1 Å². The summed E-state index contributed by atoms with van der Waals surface area (Å²) in [4.78, 5) is 23.0. The van der Waals surface area contributed by atoms with Crippen molar-refractivity contribution in [2.45, 2.75) is 19.6 Å². The summed E-state index contributed by atoms with van der Waals surface area (Å²) in [5.41, 5.74) is 2.31. The molecule has 2 aromatic rings. The predicted octanol–water partition coefficient (Wildman–Crippen LogP) is 3.83. The minimum absolute atomic E-state index is 0.00219. The molecule has 2 aromatic carbocycles. The van der Waals surface area contributed by atoms with Gasteiger partial charge in [-0.05, 0) is 30.2 Å². The zero-order chi connectivity index (χ0) is 19.2. The SMILES string of the molecule is Cc1ccc(/C=C/C(=O)NCc2ccccc2NC(=O)C(F)(F)F)cc1. The number of carbonyl (C=O) groups excluding carboxylic acids is 2. The fourth-order valence-electron chi connectivity index (χ4n) is 2.08. The summed E-state index contributed by atoms with van der Waals surface area (Å²) in [6.45, 7) is 1.93. The fraction of sp³-hybridized carbons (Fsp3) is 0.158. The van der Waals surface area contributed by atoms with Gasteiger partial charge in [-0.15, -0.1) is 0 Å². The molecule has 0 radical (unpaired) electrons. The van der Waals surface area contributed by atoms with Crippen molar-refractivity contribution in [2.75, 3.05) is 5.32 Å². The number of aryl methyl sites for hydroxylation is 1. The third-order valence-corrected chi connectivity index (χ3v) is 3.48. The number of nitrogens with one attached hydrogen (secondary N) is 2. The lowest BCUT2D eigenvalue weighted by Gasteiger charge is -2.12. The van der Waals surface area contributed by atoms with Crippen molar-refractivity contribution in [3.05, 3.63) is 71.3 Å². The van der Waals surface area contributed by atoms with Crippen molar-refractivity contribution in [1.29, 1.82) is 0 Å². The van der Waals surface area contributed by atoms with Gasteiger partial charge in [-0.1, -0.05) is 48.0 Å². The number of hydrogen-bond acceptors (Lipinski definition) is 2. The molecule has 0 heterocycles. The van der Waals surface area contributed by atoms with E-state index >= 15 is 0 Å². The number of halogens is 3. The minimum Gasteiger partial charge on any atom is -0.348 e. The standard InChI is InChI=1S/C19H17F3N2O2/c1-13-6-8-14(9-7-13)10-11-17(25)23-12-15-4-2-3-5-16(15)24-18(26)19(20,21)22/h2-11H,12H2,1H3,(H,23,25)(H,24,26)/b11-10+. The number of carbonyl (C=O) groups is 2. The second-order valence-corrected chi connectivity index (χ2v) is 5.57. The average Bonchev–Trinajstić information content (AvgIpc) is 2.59. The highest BCUT2D eigenvalue weighted by Crippen LogP contribution is 2.20. The normalized spacial score (nSPS) is 11.4. The summed E-state index contributed by atoms with van der Waals surface area (Å²) in [6.07, 6.45) is -2.01. The van der Waals surface area contributed by atoms with Crippen LogP contribution in [0.4, 0.5) is 18.9 Å². The molecule has 4 nitrogen and oxygen atoms in total. The molecule has 136 valence electrons. The smallest absolute Gasteiger partial charge is 0.348 e. The van der Waals surface area contributed by atoms with Crippen LogP contribution in [0.2, 0.25) is 0 Å². The zero-order valence-electron chi connectivity index (χ0n) is 13.9. The Morgan fingerprint density at radius 3 is 2.35 bits per heavy atom. The Bertz CT molecular complexity index is 812. The Morgan fingerprint density at radius 1 is 1.04 bits per heavy atom. The molecule has 0 saturated heterocycles. The fourth-order valence-corrected chi connectivity index (χ4v) is 2.08. The van der Waals surface area contributed by atoms with Gasteiger partial charge < -0.3 is 10.6 Å². The highest BCUT2D eigenvalue weighted by molar-refractivity contribution is 5.96. The molecule has 26 heavy (non-hydrogen) atoms. The van der Waals surface area contributed by atoms with E-state index in [1.165, 1.54) is 24.3 Å². The highest BCUT2D eigenvalue weighted by atomic mass is 19.4. The van der Waals surface area contributed by atoms with Gasteiger partial charge in [0.25, 0.3) is 0 Å². The van der Waals surface area contributed by atoms with Gasteiger partial charge in [0, 0.05) is 18.3 Å². The van der Waals surface area contributed by atoms with E-state index in [4.69, 9.17) is 0 Å². The van der Waals surface area contributed by atoms with Gasteiger partial charge in [0.2, 0.25) is 5.91 Å². The van der Waals surface area contributed by atoms with Crippen LogP contribution in [0.15, 0.2) is 54.6 Å². The van der Waals surface area contributed by atoms with Crippen LogP contribution in [0.3, 0.4) is 0 Å². The first-order valence-electron chi connectivity index (χ1n) is 7.74. The van der Waals surface area contributed by atoms with Crippen LogP contribution >= 0.6 is 0 Å². The van der Waals surface area contributed by atoms with Gasteiger partial charge in [-0.2, -0.15) is 13.2 Å². The summed E-state index contributed by atoms with van der Waals surface area (Å²) < 4.78 is 37.1. The van der Waals surface area contributed by atoms with Gasteiger partial charge in [0.15, 0.2) is 0 Å². The van der Waals surface area contributed by atoms with E-state index < -0.39 is 18.0 Å². The molecule has 2 amide bonds. The number of anilines is 1. The monoisotopic (exact) mass is 362 g/mol. The second-order valence-electron chi connectivity index (χ2n) is 5.57. The average molecular weight is 362 g/mol. The topological polar surface area (TPSA) is 58.2 Å². The van der Waals surface area contributed by atoms with Crippen LogP contribution < -0.4 is 10.6 Å². The summed E-state index contributed by atoms with van der Waals surface area (Å²) in [5.74, 6) is -2.46. The van der Waals surface area contributed by atoms with Crippen molar-refractivity contribution in [2.24, 2.45) is 0 Å². The van der Waals surface area contributed by atoms with E-state index in [9.17, 15) is 22.8 Å². The van der Waals surface area contributed by atoms with E-state index in [0.717, 1.165) is 11.1 Å². The predicted molar refractivity (Wildman–Crippen MR) is 93.2 cm³/mol. The minimum atomic E-state index is -4.98. The first-order valence-corrected chi connectivity index (χ1v) is 7.74. The molecular formula is C19H17F3N2O2. The van der Waals surface area contributed by atoms with Gasteiger partial charge >= 0.3 is 12.1 Å². The number of alkyl halides is 3. The molecule has 0 aliphatic rings. The van der Waals surface area contributed by atoms with E-state index in [-0.39, 0.29) is 12.2 Å². The van der Waals surface area contributed by atoms with Gasteiger partial charge in [0.05, 0.1) is 0 Å². The number of hydrogen-bond donors (Lipinski definition) is 2. The van der Waals surface area contributed by atoms with Gasteiger partial charge in [-0.25, -0.2) is 0 Å². The number of rotatable bonds is 5. The first-order chi connectivity index (χ1) is 12.3. The zero-order valence-corrected chi connectivity index (χ0v) is 13.9. The number of amides is 2. The Hall–Kier alpha value is -3.09. The van der Waals surface area contributed by atoms with Crippen molar-refractivity contribution in [3.8, 4) is 0 Å². The molecule has 0 spiro atoms. The van der Waals surface area contributed by atoms with Crippen LogP contribution in [0.25, 0.3) is 6.08 Å². The maximum absolute atomic E-state index is 12.4. The lowest BCUT2D eigenvalue weighted by molar-refractivity contribution is -0.167. The van der Waals surface area contributed by atoms with Crippen LogP contribution in [0, 0.1) is 6.92 Å². The van der Waals surface area contributed by atoms with E-state index in [1.54, 1.807) is 17.5 Å². The third-order valence-electron chi connectivity index (χ3n) is 3.48. The molecule has 0 aliphatic carbocycles. The van der Waals surface area contributed by atoms with Crippen molar-refractivity contribution >= 4 is 23.6 Å². The summed E-state index contributed by atoms with van der Waals surface area (Å²) in [6, 6.07) is 13.5. The molecule has 0 atom stereocenters. The Balaban J connectivity index is 1.97. The molecule has 0 fully saturated rings. The quantitative estimate of drug-likeness (QED) is 0.795. The second kappa shape index (κ2) is 8.33. The summed E-state index contributed by atoms with van der Waals surface area (Å²) in [7, 11) is 0. The maximum atomic E-state index is 12.4. The largest absolute Gasteiger partial charge is 0.471 e. The molecule has 0 aliphatic heterocycles. The van der Waals surface area contributed by atoms with E-state index in [1.807, 2.05) is 31.2 Å². The molecule has 2 rings (SSSR count). The van der Waals surface area contributed by atoms with E-state index in [2.05, 4.69) is 5.32 Å². The van der Waals surface area contributed by atoms with Crippen LogP contribution in [0.5, 0.6) is 0 Å². The Morgan fingerprint density at radius 2 is 1.69 bits per heavy atom. The highest BCUT2D eigenvalue weighted by Gasteiger charge is 2.38. The van der Waals surface area contributed by atoms with Crippen LogP contribution in [-0.4, -0.2) is 18.0 Å². The maximum Gasteiger partial charge on any atom is 0.471 e.